The van der Waals surface area contributed by atoms with Crippen LogP contribution >= 0.6 is 23.5 Å². The van der Waals surface area contributed by atoms with E-state index in [4.69, 9.17) is 11.6 Å². The second-order valence-electron chi connectivity index (χ2n) is 7.03. The molecule has 13 heteroatoms. The van der Waals surface area contributed by atoms with Gasteiger partial charge in [-0.2, -0.15) is 17.5 Å². The molecule has 1 aliphatic rings. The SMILES string of the molecule is CC1(C)C(=O)N(Sc2ccc(S(=O)(=O)C(F)(F)F)cc2)C(=O)N1Cc1ccnc(Cl)c1. The summed E-state index contributed by atoms with van der Waals surface area (Å²) in [5, 5.41) is 0.230. The molecule has 31 heavy (non-hydrogen) atoms. The number of aromatic nitrogens is 1. The zero-order chi connectivity index (χ0) is 23.2. The van der Waals surface area contributed by atoms with E-state index in [-0.39, 0.29) is 16.6 Å². The van der Waals surface area contributed by atoms with Crippen LogP contribution in [0.2, 0.25) is 5.15 Å². The van der Waals surface area contributed by atoms with Crippen molar-refractivity contribution in [2.45, 2.75) is 41.2 Å². The van der Waals surface area contributed by atoms with Gasteiger partial charge in [0.15, 0.2) is 0 Å². The van der Waals surface area contributed by atoms with Gasteiger partial charge in [0.2, 0.25) is 0 Å². The summed E-state index contributed by atoms with van der Waals surface area (Å²) in [4.78, 5) is 30.2. The molecule has 7 nitrogen and oxygen atoms in total. The van der Waals surface area contributed by atoms with Crippen molar-refractivity contribution in [2.24, 2.45) is 0 Å². The average Bonchev–Trinajstić information content (AvgIpc) is 2.82. The first kappa shape index (κ1) is 23.4. The molecule has 0 unspecified atom stereocenters. The molecule has 0 radical (unpaired) electrons. The van der Waals surface area contributed by atoms with Gasteiger partial charge in [-0.15, -0.1) is 0 Å². The molecule has 0 bridgehead atoms. The number of amides is 3. The number of halogens is 4. The highest BCUT2D eigenvalue weighted by atomic mass is 35.5. The van der Waals surface area contributed by atoms with Gasteiger partial charge < -0.3 is 4.90 Å². The summed E-state index contributed by atoms with van der Waals surface area (Å²) < 4.78 is 61.8. The first-order chi connectivity index (χ1) is 14.2. The maximum Gasteiger partial charge on any atom is 0.501 e. The largest absolute Gasteiger partial charge is 0.501 e. The highest BCUT2D eigenvalue weighted by molar-refractivity contribution is 7.98. The van der Waals surface area contributed by atoms with Crippen molar-refractivity contribution in [1.29, 1.82) is 0 Å². The van der Waals surface area contributed by atoms with Crippen LogP contribution in [0, 0.1) is 0 Å². The predicted octanol–water partition coefficient (Wildman–Crippen LogP) is 4.28. The summed E-state index contributed by atoms with van der Waals surface area (Å²) in [6.45, 7) is 3.21. The molecule has 0 aliphatic carbocycles. The Balaban J connectivity index is 1.82. The molecule has 3 amide bonds. The van der Waals surface area contributed by atoms with Crippen LogP contribution < -0.4 is 0 Å². The molecule has 1 saturated heterocycles. The molecule has 2 aromatic rings. The third-order valence-electron chi connectivity index (χ3n) is 4.55. The van der Waals surface area contributed by atoms with Crippen molar-refractivity contribution in [2.75, 3.05) is 0 Å². The van der Waals surface area contributed by atoms with E-state index in [2.05, 4.69) is 4.98 Å². The molecule has 0 atom stereocenters. The van der Waals surface area contributed by atoms with Crippen LogP contribution in [0.25, 0.3) is 0 Å². The van der Waals surface area contributed by atoms with Crippen LogP contribution in [0.3, 0.4) is 0 Å². The van der Waals surface area contributed by atoms with E-state index in [1.807, 2.05) is 0 Å². The van der Waals surface area contributed by atoms with Crippen molar-refractivity contribution >= 4 is 45.3 Å². The third-order valence-corrected chi connectivity index (χ3v) is 7.25. The van der Waals surface area contributed by atoms with Crippen LogP contribution in [0.4, 0.5) is 18.0 Å². The lowest BCUT2D eigenvalue weighted by molar-refractivity contribution is -0.128. The number of rotatable bonds is 5. The number of alkyl halides is 3. The summed E-state index contributed by atoms with van der Waals surface area (Å²) in [5.74, 6) is -0.533. The van der Waals surface area contributed by atoms with E-state index in [0.29, 0.717) is 17.5 Å². The zero-order valence-corrected chi connectivity index (χ0v) is 18.4. The summed E-state index contributed by atoms with van der Waals surface area (Å²) in [6.07, 6.45) is 1.47. The smallest absolute Gasteiger partial charge is 0.305 e. The Kier molecular flexibility index (Phi) is 6.02. The monoisotopic (exact) mass is 493 g/mol. The van der Waals surface area contributed by atoms with Crippen LogP contribution in [-0.4, -0.2) is 45.6 Å². The van der Waals surface area contributed by atoms with Crippen molar-refractivity contribution in [3.8, 4) is 0 Å². The molecular formula is C18H15ClF3N3O4S2. The topological polar surface area (TPSA) is 87.7 Å². The summed E-state index contributed by atoms with van der Waals surface area (Å²) in [6, 6.07) is 6.33. The summed E-state index contributed by atoms with van der Waals surface area (Å²) in [5.41, 5.74) is -5.97. The Morgan fingerprint density at radius 1 is 1.13 bits per heavy atom. The van der Waals surface area contributed by atoms with Gasteiger partial charge in [0.1, 0.15) is 10.7 Å². The number of urea groups is 1. The Bertz CT molecular complexity index is 1140. The molecule has 1 aromatic carbocycles. The number of nitrogens with zero attached hydrogens (tertiary/aromatic N) is 3. The molecule has 1 aromatic heterocycles. The van der Waals surface area contributed by atoms with E-state index in [1.165, 1.54) is 11.1 Å². The minimum atomic E-state index is -5.49. The van der Waals surface area contributed by atoms with Gasteiger partial charge in [-0.05, 0) is 67.8 Å². The van der Waals surface area contributed by atoms with Gasteiger partial charge in [0.05, 0.1) is 4.90 Å². The lowest BCUT2D eigenvalue weighted by Crippen LogP contribution is -2.43. The highest BCUT2D eigenvalue weighted by Gasteiger charge is 2.52. The lowest BCUT2D eigenvalue weighted by atomic mass is 10.0. The van der Waals surface area contributed by atoms with Crippen molar-refractivity contribution in [1.82, 2.24) is 14.2 Å². The molecule has 1 fully saturated rings. The van der Waals surface area contributed by atoms with E-state index in [0.717, 1.165) is 28.6 Å². The molecule has 0 saturated carbocycles. The van der Waals surface area contributed by atoms with E-state index >= 15 is 0 Å². The first-order valence-corrected chi connectivity index (χ1v) is 11.2. The maximum atomic E-state index is 12.9. The number of hydrogen-bond donors (Lipinski definition) is 0. The molecule has 2 heterocycles. The number of sulfone groups is 1. The molecule has 1 aliphatic heterocycles. The van der Waals surface area contributed by atoms with E-state index < -0.39 is 37.7 Å². The third kappa shape index (κ3) is 4.37. The predicted molar refractivity (Wildman–Crippen MR) is 107 cm³/mol. The highest BCUT2D eigenvalue weighted by Crippen LogP contribution is 2.37. The number of carbonyl (C=O) groups is 2. The van der Waals surface area contributed by atoms with Gasteiger partial charge in [0.25, 0.3) is 15.7 Å². The minimum Gasteiger partial charge on any atom is -0.305 e. The fraction of sp³-hybridized carbons (Fsp3) is 0.278. The standard InChI is InChI=1S/C18H15ClF3N3O4S2/c1-17(2)15(26)25(16(27)24(17)10-11-7-8-23-14(19)9-11)30-12-3-5-13(6-4-12)31(28,29)18(20,21)22/h3-9H,10H2,1-2H3. The Labute approximate surface area is 185 Å². The fourth-order valence-electron chi connectivity index (χ4n) is 2.79. The summed E-state index contributed by atoms with van der Waals surface area (Å²) >= 11 is 6.56. The molecule has 3 rings (SSSR count). The van der Waals surface area contributed by atoms with Gasteiger partial charge in [0, 0.05) is 17.6 Å². The van der Waals surface area contributed by atoms with Crippen LogP contribution in [0.15, 0.2) is 52.4 Å². The Morgan fingerprint density at radius 3 is 2.29 bits per heavy atom. The van der Waals surface area contributed by atoms with Gasteiger partial charge >= 0.3 is 11.5 Å². The van der Waals surface area contributed by atoms with E-state index in [1.54, 1.807) is 26.0 Å². The normalized spacial score (nSPS) is 16.8. The van der Waals surface area contributed by atoms with E-state index in [9.17, 15) is 31.2 Å². The number of imide groups is 1. The first-order valence-electron chi connectivity index (χ1n) is 8.61. The second kappa shape index (κ2) is 7.99. The quantitative estimate of drug-likeness (QED) is 0.351. The molecule has 0 spiro atoms. The van der Waals surface area contributed by atoms with Crippen LogP contribution in [0.5, 0.6) is 0 Å². The molecular weight excluding hydrogens is 479 g/mol. The van der Waals surface area contributed by atoms with Crippen LogP contribution in [-0.2, 0) is 21.2 Å². The van der Waals surface area contributed by atoms with Crippen LogP contribution in [0.1, 0.15) is 19.4 Å². The number of benzene rings is 1. The average molecular weight is 494 g/mol. The number of pyridine rings is 1. The maximum absolute atomic E-state index is 12.9. The van der Waals surface area contributed by atoms with Gasteiger partial charge in [-0.25, -0.2) is 18.2 Å². The Morgan fingerprint density at radius 2 is 1.74 bits per heavy atom. The minimum absolute atomic E-state index is 0.0830. The molecule has 0 N–H and O–H groups in total. The number of hydrogen-bond acceptors (Lipinski definition) is 6. The van der Waals surface area contributed by atoms with Gasteiger partial charge in [-0.3, -0.25) is 4.79 Å². The van der Waals surface area contributed by atoms with Crippen molar-refractivity contribution in [3.63, 3.8) is 0 Å². The van der Waals surface area contributed by atoms with Crippen molar-refractivity contribution in [3.05, 3.63) is 53.3 Å². The molecule has 166 valence electrons. The zero-order valence-electron chi connectivity index (χ0n) is 16.1. The Hall–Kier alpha value is -2.31. The second-order valence-corrected chi connectivity index (χ2v) is 10.4. The lowest BCUT2D eigenvalue weighted by Gasteiger charge is -2.27. The van der Waals surface area contributed by atoms with Crippen molar-refractivity contribution < 1.29 is 31.2 Å². The summed E-state index contributed by atoms with van der Waals surface area (Å²) in [7, 11) is -5.49. The number of carbonyl (C=O) groups excluding carboxylic acids is 2. The van der Waals surface area contributed by atoms with Gasteiger partial charge in [-0.1, -0.05) is 11.6 Å². The fourth-order valence-corrected chi connectivity index (χ4v) is 4.70.